The van der Waals surface area contributed by atoms with Gasteiger partial charge in [0.25, 0.3) is 0 Å². The molecule has 0 amide bonds. The first-order valence-electron chi connectivity index (χ1n) is 3.80. The van der Waals surface area contributed by atoms with Gasteiger partial charge in [0.15, 0.2) is 5.89 Å². The van der Waals surface area contributed by atoms with Crippen LogP contribution in [-0.4, -0.2) is 16.5 Å². The van der Waals surface area contributed by atoms with Gasteiger partial charge < -0.3 is 10.2 Å². The highest BCUT2D eigenvalue weighted by Crippen LogP contribution is 2.11. The highest BCUT2D eigenvalue weighted by atomic mass is 16.4. The first-order chi connectivity index (χ1) is 5.90. The third kappa shape index (κ3) is 1.16. The van der Waals surface area contributed by atoms with E-state index >= 15 is 0 Å². The third-order valence-electron chi connectivity index (χ3n) is 1.57. The summed E-state index contributed by atoms with van der Waals surface area (Å²) in [5.74, 6) is 0.659. The fourth-order valence-electron chi connectivity index (χ4n) is 1.05. The van der Waals surface area contributed by atoms with Crippen molar-refractivity contribution in [2.75, 3.05) is 6.54 Å². The lowest BCUT2D eigenvalue weighted by molar-refractivity contribution is 0.523. The van der Waals surface area contributed by atoms with Crippen LogP contribution in [0.15, 0.2) is 22.7 Å². The predicted molar refractivity (Wildman–Crippen MR) is 44.6 cm³/mol. The summed E-state index contributed by atoms with van der Waals surface area (Å²) in [4.78, 5) is 8.21. The maximum absolute atomic E-state index is 5.36. The molecule has 4 nitrogen and oxygen atoms in total. The van der Waals surface area contributed by atoms with Crippen LogP contribution in [0.2, 0.25) is 0 Å². The Labute approximate surface area is 69.4 Å². The number of rotatable bonds is 2. The van der Waals surface area contributed by atoms with Crippen molar-refractivity contribution in [1.82, 2.24) is 9.97 Å². The summed E-state index contributed by atoms with van der Waals surface area (Å²) in [6, 6.07) is 3.70. The Balaban J connectivity index is 2.47. The molecular formula is C8H9N3O. The molecule has 0 radical (unpaired) electrons. The molecule has 0 unspecified atom stereocenters. The van der Waals surface area contributed by atoms with E-state index in [1.54, 1.807) is 6.20 Å². The van der Waals surface area contributed by atoms with E-state index in [9.17, 15) is 0 Å². The number of hydrogen-bond donors (Lipinski definition) is 1. The number of oxazole rings is 1. The molecule has 0 aliphatic heterocycles. The Morgan fingerprint density at radius 2 is 2.42 bits per heavy atom. The molecule has 0 aliphatic carbocycles. The average Bonchev–Trinajstić information content (AvgIpc) is 2.47. The molecule has 0 bridgehead atoms. The number of nitrogens with two attached hydrogens (primary N) is 1. The minimum absolute atomic E-state index is 0.548. The number of nitrogens with zero attached hydrogens (tertiary/aromatic N) is 2. The number of pyridine rings is 1. The molecule has 0 spiro atoms. The molecule has 2 heterocycles. The van der Waals surface area contributed by atoms with E-state index in [-0.39, 0.29) is 0 Å². The summed E-state index contributed by atoms with van der Waals surface area (Å²) in [6.07, 6.45) is 2.34. The molecule has 2 aromatic rings. The lowest BCUT2D eigenvalue weighted by atomic mass is 10.4. The van der Waals surface area contributed by atoms with Crippen molar-refractivity contribution in [3.05, 3.63) is 24.2 Å². The zero-order chi connectivity index (χ0) is 8.39. The van der Waals surface area contributed by atoms with Gasteiger partial charge in [0.1, 0.15) is 5.52 Å². The highest BCUT2D eigenvalue weighted by Gasteiger charge is 2.03. The van der Waals surface area contributed by atoms with Gasteiger partial charge in [0.2, 0.25) is 5.71 Å². The lowest BCUT2D eigenvalue weighted by Crippen LogP contribution is -2.02. The number of fused-ring (bicyclic) bond motifs is 1. The second-order valence-corrected chi connectivity index (χ2v) is 2.47. The Morgan fingerprint density at radius 1 is 1.50 bits per heavy atom. The van der Waals surface area contributed by atoms with Gasteiger partial charge in [0, 0.05) is 19.2 Å². The molecule has 2 N–H and O–H groups in total. The van der Waals surface area contributed by atoms with Gasteiger partial charge in [-0.25, -0.2) is 9.97 Å². The molecule has 2 aromatic heterocycles. The minimum Gasteiger partial charge on any atom is -0.422 e. The van der Waals surface area contributed by atoms with Gasteiger partial charge in [0.05, 0.1) is 0 Å². The predicted octanol–water partition coefficient (Wildman–Crippen LogP) is 0.724. The van der Waals surface area contributed by atoms with Crippen LogP contribution >= 0.6 is 0 Å². The van der Waals surface area contributed by atoms with Crippen molar-refractivity contribution in [3.8, 4) is 0 Å². The summed E-state index contributed by atoms with van der Waals surface area (Å²) in [5, 5.41) is 0. The van der Waals surface area contributed by atoms with Gasteiger partial charge in [-0.3, -0.25) is 0 Å². The molecule has 0 aliphatic rings. The van der Waals surface area contributed by atoms with E-state index in [4.69, 9.17) is 10.2 Å². The Morgan fingerprint density at radius 3 is 3.17 bits per heavy atom. The van der Waals surface area contributed by atoms with Gasteiger partial charge >= 0.3 is 0 Å². The Hall–Kier alpha value is -1.42. The summed E-state index contributed by atoms with van der Waals surface area (Å²) >= 11 is 0. The van der Waals surface area contributed by atoms with E-state index < -0.39 is 0 Å². The molecule has 0 saturated carbocycles. The van der Waals surface area contributed by atoms with Crippen molar-refractivity contribution in [2.45, 2.75) is 6.42 Å². The molecule has 0 aromatic carbocycles. The van der Waals surface area contributed by atoms with E-state index in [0.29, 0.717) is 24.6 Å². The molecule has 12 heavy (non-hydrogen) atoms. The number of hydrogen-bond acceptors (Lipinski definition) is 4. The van der Waals surface area contributed by atoms with Crippen molar-refractivity contribution >= 4 is 11.2 Å². The van der Waals surface area contributed by atoms with E-state index in [2.05, 4.69) is 9.97 Å². The van der Waals surface area contributed by atoms with Crippen molar-refractivity contribution in [2.24, 2.45) is 5.73 Å². The van der Waals surface area contributed by atoms with Crippen LogP contribution in [0, 0.1) is 0 Å². The average molecular weight is 163 g/mol. The summed E-state index contributed by atoms with van der Waals surface area (Å²) < 4.78 is 5.31. The second kappa shape index (κ2) is 2.91. The molecular weight excluding hydrogens is 154 g/mol. The summed E-state index contributed by atoms with van der Waals surface area (Å²) in [5.41, 5.74) is 6.74. The van der Waals surface area contributed by atoms with E-state index in [0.717, 1.165) is 5.52 Å². The first-order valence-corrected chi connectivity index (χ1v) is 3.80. The Kier molecular flexibility index (Phi) is 1.75. The fraction of sp³-hybridized carbons (Fsp3) is 0.250. The zero-order valence-corrected chi connectivity index (χ0v) is 6.53. The van der Waals surface area contributed by atoms with Crippen LogP contribution in [0.3, 0.4) is 0 Å². The summed E-state index contributed by atoms with van der Waals surface area (Å²) in [7, 11) is 0. The largest absolute Gasteiger partial charge is 0.422 e. The highest BCUT2D eigenvalue weighted by molar-refractivity contribution is 5.67. The van der Waals surface area contributed by atoms with Gasteiger partial charge in [-0.2, -0.15) is 0 Å². The van der Waals surface area contributed by atoms with Crippen LogP contribution < -0.4 is 5.73 Å². The maximum atomic E-state index is 5.36. The SMILES string of the molecule is NCCc1nc2cccnc2o1. The Bertz CT molecular complexity index is 349. The summed E-state index contributed by atoms with van der Waals surface area (Å²) in [6.45, 7) is 0.548. The van der Waals surface area contributed by atoms with Gasteiger partial charge in [-0.1, -0.05) is 0 Å². The monoisotopic (exact) mass is 163 g/mol. The fourth-order valence-corrected chi connectivity index (χ4v) is 1.05. The molecule has 0 atom stereocenters. The quantitative estimate of drug-likeness (QED) is 0.708. The molecule has 2 rings (SSSR count). The number of aromatic nitrogens is 2. The van der Waals surface area contributed by atoms with E-state index in [1.165, 1.54) is 0 Å². The normalized spacial score (nSPS) is 10.8. The van der Waals surface area contributed by atoms with Crippen molar-refractivity contribution in [3.63, 3.8) is 0 Å². The molecule has 62 valence electrons. The van der Waals surface area contributed by atoms with Crippen LogP contribution in [0.4, 0.5) is 0 Å². The zero-order valence-electron chi connectivity index (χ0n) is 6.53. The first kappa shape index (κ1) is 7.24. The van der Waals surface area contributed by atoms with Crippen molar-refractivity contribution < 1.29 is 4.42 Å². The topological polar surface area (TPSA) is 64.9 Å². The van der Waals surface area contributed by atoms with Gasteiger partial charge in [-0.15, -0.1) is 0 Å². The second-order valence-electron chi connectivity index (χ2n) is 2.47. The minimum atomic E-state index is 0.548. The van der Waals surface area contributed by atoms with Crippen LogP contribution in [0.1, 0.15) is 5.89 Å². The van der Waals surface area contributed by atoms with Gasteiger partial charge in [-0.05, 0) is 12.1 Å². The molecule has 0 saturated heterocycles. The van der Waals surface area contributed by atoms with Crippen LogP contribution in [0.25, 0.3) is 11.2 Å². The van der Waals surface area contributed by atoms with Crippen LogP contribution in [0.5, 0.6) is 0 Å². The third-order valence-corrected chi connectivity index (χ3v) is 1.57. The standard InChI is InChI=1S/C8H9N3O/c9-4-3-7-11-6-2-1-5-10-8(6)12-7/h1-2,5H,3-4,9H2. The van der Waals surface area contributed by atoms with E-state index in [1.807, 2.05) is 12.1 Å². The van der Waals surface area contributed by atoms with Crippen molar-refractivity contribution in [1.29, 1.82) is 0 Å². The smallest absolute Gasteiger partial charge is 0.246 e. The molecule has 0 fully saturated rings. The lowest BCUT2D eigenvalue weighted by Gasteiger charge is -1.85. The van der Waals surface area contributed by atoms with Crippen LogP contribution in [-0.2, 0) is 6.42 Å². The molecule has 4 heteroatoms. The maximum Gasteiger partial charge on any atom is 0.246 e.